The van der Waals surface area contributed by atoms with Gasteiger partial charge in [0, 0.05) is 13.1 Å². The highest BCUT2D eigenvalue weighted by Crippen LogP contribution is 2.36. The molecule has 0 atom stereocenters. The minimum absolute atomic E-state index is 0.778. The molecule has 5 heteroatoms. The van der Waals surface area contributed by atoms with Gasteiger partial charge in [0.25, 0.3) is 0 Å². The summed E-state index contributed by atoms with van der Waals surface area (Å²) in [4.78, 5) is 15.2. The number of hydrogen-bond acceptors (Lipinski definition) is 4. The summed E-state index contributed by atoms with van der Waals surface area (Å²) in [5.41, 5.74) is 2.82. The maximum absolute atomic E-state index is 6.12. The molecule has 0 unspecified atom stereocenters. The first-order valence-corrected chi connectivity index (χ1v) is 8.57. The first-order chi connectivity index (χ1) is 11.7. The van der Waals surface area contributed by atoms with Crippen LogP contribution < -0.4 is 9.64 Å². The molecule has 3 aromatic rings. The summed E-state index contributed by atoms with van der Waals surface area (Å²) in [6, 6.07) is 9.84. The molecule has 1 N–H and O–H groups in total. The zero-order valence-electron chi connectivity index (χ0n) is 14.2. The Morgan fingerprint density at radius 2 is 1.75 bits per heavy atom. The summed E-state index contributed by atoms with van der Waals surface area (Å²) in [5, 5.41) is 0. The van der Waals surface area contributed by atoms with Gasteiger partial charge in [-0.3, -0.25) is 0 Å². The molecule has 124 valence electrons. The number of hydrogen-bond donors (Lipinski definition) is 1. The van der Waals surface area contributed by atoms with E-state index in [4.69, 9.17) is 9.72 Å². The van der Waals surface area contributed by atoms with E-state index < -0.39 is 0 Å². The predicted octanol–water partition coefficient (Wildman–Crippen LogP) is 4.36. The number of rotatable bonds is 3. The molecule has 4 rings (SSSR count). The van der Waals surface area contributed by atoms with E-state index in [1.54, 1.807) is 0 Å². The number of aromatic amines is 1. The molecule has 0 radical (unpaired) electrons. The number of piperidine rings is 1. The molecule has 0 amide bonds. The third-order valence-electron chi connectivity index (χ3n) is 4.49. The Labute approximate surface area is 141 Å². The van der Waals surface area contributed by atoms with E-state index in [1.165, 1.54) is 19.3 Å². The predicted molar refractivity (Wildman–Crippen MR) is 95.9 cm³/mol. The Balaban J connectivity index is 1.81. The van der Waals surface area contributed by atoms with Gasteiger partial charge in [-0.1, -0.05) is 18.2 Å². The van der Waals surface area contributed by atoms with E-state index in [0.29, 0.717) is 0 Å². The summed E-state index contributed by atoms with van der Waals surface area (Å²) >= 11 is 0. The highest BCUT2D eigenvalue weighted by Gasteiger charge is 2.21. The molecule has 1 fully saturated rings. The Bertz CT molecular complexity index is 851. The molecule has 24 heavy (non-hydrogen) atoms. The topological polar surface area (TPSA) is 54.0 Å². The number of para-hydroxylation sites is 1. The number of ether oxygens (including phenoxy) is 1. The van der Waals surface area contributed by atoms with Gasteiger partial charge in [0.15, 0.2) is 11.6 Å². The van der Waals surface area contributed by atoms with Gasteiger partial charge in [0.05, 0.1) is 5.69 Å². The molecule has 0 saturated carbocycles. The van der Waals surface area contributed by atoms with Gasteiger partial charge in [0.2, 0.25) is 0 Å². The second-order valence-electron chi connectivity index (χ2n) is 6.36. The van der Waals surface area contributed by atoms with Crippen LogP contribution in [0.15, 0.2) is 30.3 Å². The summed E-state index contributed by atoms with van der Waals surface area (Å²) in [5.74, 6) is 3.39. The van der Waals surface area contributed by atoms with E-state index >= 15 is 0 Å². The van der Waals surface area contributed by atoms with Crippen LogP contribution in [0.25, 0.3) is 11.0 Å². The lowest BCUT2D eigenvalue weighted by molar-refractivity contribution is 0.483. The van der Waals surface area contributed by atoms with Crippen molar-refractivity contribution < 1.29 is 4.74 Å². The summed E-state index contributed by atoms with van der Waals surface area (Å²) in [7, 11) is 0. The van der Waals surface area contributed by atoms with Crippen molar-refractivity contribution in [2.24, 2.45) is 0 Å². The van der Waals surface area contributed by atoms with Crippen molar-refractivity contribution in [3.8, 4) is 11.5 Å². The Morgan fingerprint density at radius 1 is 1.00 bits per heavy atom. The van der Waals surface area contributed by atoms with Crippen LogP contribution in [0.3, 0.4) is 0 Å². The average molecular weight is 322 g/mol. The molecule has 0 spiro atoms. The fraction of sp³-hybridized carbons (Fsp3) is 0.368. The summed E-state index contributed by atoms with van der Waals surface area (Å²) < 4.78 is 6.12. The van der Waals surface area contributed by atoms with Gasteiger partial charge < -0.3 is 14.6 Å². The quantitative estimate of drug-likeness (QED) is 0.778. The number of H-pyrrole nitrogens is 1. The molecular formula is C19H22N4O. The van der Waals surface area contributed by atoms with Gasteiger partial charge >= 0.3 is 0 Å². The fourth-order valence-electron chi connectivity index (χ4n) is 3.32. The van der Waals surface area contributed by atoms with Crippen LogP contribution in [0.2, 0.25) is 0 Å². The van der Waals surface area contributed by atoms with Gasteiger partial charge in [-0.25, -0.2) is 9.97 Å². The van der Waals surface area contributed by atoms with Crippen molar-refractivity contribution in [1.29, 1.82) is 0 Å². The van der Waals surface area contributed by atoms with Crippen LogP contribution in [0.1, 0.15) is 30.8 Å². The third kappa shape index (κ3) is 2.70. The summed E-state index contributed by atoms with van der Waals surface area (Å²) in [6.45, 7) is 6.08. The molecular weight excluding hydrogens is 300 g/mol. The van der Waals surface area contributed by atoms with Gasteiger partial charge in [-0.05, 0) is 45.2 Å². The molecule has 1 saturated heterocycles. The van der Waals surface area contributed by atoms with Crippen LogP contribution in [0.5, 0.6) is 11.5 Å². The van der Waals surface area contributed by atoms with Crippen LogP contribution in [0.4, 0.5) is 5.82 Å². The zero-order valence-corrected chi connectivity index (χ0v) is 14.2. The first kappa shape index (κ1) is 15.0. The van der Waals surface area contributed by atoms with Crippen molar-refractivity contribution in [1.82, 2.24) is 15.0 Å². The van der Waals surface area contributed by atoms with Crippen LogP contribution in [0, 0.1) is 13.8 Å². The van der Waals surface area contributed by atoms with E-state index in [0.717, 1.165) is 53.0 Å². The Kier molecular flexibility index (Phi) is 3.84. The third-order valence-corrected chi connectivity index (χ3v) is 4.49. The molecule has 1 aromatic carbocycles. The number of aromatic nitrogens is 3. The fourth-order valence-corrected chi connectivity index (χ4v) is 3.32. The molecule has 3 heterocycles. The highest BCUT2D eigenvalue weighted by atomic mass is 16.5. The van der Waals surface area contributed by atoms with Crippen molar-refractivity contribution in [3.63, 3.8) is 0 Å². The lowest BCUT2D eigenvalue weighted by Gasteiger charge is -2.28. The molecule has 0 aliphatic carbocycles. The van der Waals surface area contributed by atoms with Crippen LogP contribution >= 0.6 is 0 Å². The zero-order chi connectivity index (χ0) is 16.5. The van der Waals surface area contributed by atoms with Crippen molar-refractivity contribution in [3.05, 3.63) is 41.9 Å². The monoisotopic (exact) mass is 322 g/mol. The Morgan fingerprint density at radius 3 is 2.50 bits per heavy atom. The molecule has 5 nitrogen and oxygen atoms in total. The smallest absolute Gasteiger partial charge is 0.174 e. The lowest BCUT2D eigenvalue weighted by Crippen LogP contribution is -2.30. The average Bonchev–Trinajstić information content (AvgIpc) is 2.92. The molecule has 1 aliphatic heterocycles. The number of benzene rings is 1. The maximum Gasteiger partial charge on any atom is 0.174 e. The first-order valence-electron chi connectivity index (χ1n) is 8.57. The minimum atomic E-state index is 0.778. The SMILES string of the molecule is Cc1nc(N2CCCCC2)c2[nH]c(C)c(Oc3ccccc3)c2n1. The summed E-state index contributed by atoms with van der Waals surface area (Å²) in [6.07, 6.45) is 3.74. The number of aryl methyl sites for hydroxylation is 2. The lowest BCUT2D eigenvalue weighted by atomic mass is 10.1. The van der Waals surface area contributed by atoms with E-state index in [1.807, 2.05) is 44.2 Å². The van der Waals surface area contributed by atoms with Crippen LogP contribution in [-0.4, -0.2) is 28.0 Å². The van der Waals surface area contributed by atoms with Crippen LogP contribution in [-0.2, 0) is 0 Å². The van der Waals surface area contributed by atoms with Crippen molar-refractivity contribution >= 4 is 16.9 Å². The molecule has 0 bridgehead atoms. The standard InChI is InChI=1S/C19H22N4O/c1-13-18(24-15-9-5-3-6-10-15)16-17(20-13)19(22-14(2)21-16)23-11-7-4-8-12-23/h3,5-6,9-10,20H,4,7-8,11-12H2,1-2H3. The molecule has 2 aromatic heterocycles. The van der Waals surface area contributed by atoms with Gasteiger partial charge in [0.1, 0.15) is 22.6 Å². The van der Waals surface area contributed by atoms with Crippen molar-refractivity contribution in [2.45, 2.75) is 33.1 Å². The minimum Gasteiger partial charge on any atom is -0.453 e. The van der Waals surface area contributed by atoms with E-state index in [9.17, 15) is 0 Å². The van der Waals surface area contributed by atoms with Gasteiger partial charge in [-0.15, -0.1) is 0 Å². The second-order valence-corrected chi connectivity index (χ2v) is 6.36. The number of nitrogens with one attached hydrogen (secondary N) is 1. The second kappa shape index (κ2) is 6.15. The number of anilines is 1. The normalized spacial score (nSPS) is 15.0. The maximum atomic E-state index is 6.12. The van der Waals surface area contributed by atoms with Crippen molar-refractivity contribution in [2.75, 3.05) is 18.0 Å². The van der Waals surface area contributed by atoms with E-state index in [2.05, 4.69) is 14.9 Å². The number of fused-ring (bicyclic) bond motifs is 1. The highest BCUT2D eigenvalue weighted by molar-refractivity contribution is 5.92. The molecule has 1 aliphatic rings. The Hall–Kier alpha value is -2.56. The largest absolute Gasteiger partial charge is 0.453 e. The van der Waals surface area contributed by atoms with E-state index in [-0.39, 0.29) is 0 Å². The number of nitrogens with zero attached hydrogens (tertiary/aromatic N) is 3. The van der Waals surface area contributed by atoms with Gasteiger partial charge in [-0.2, -0.15) is 0 Å².